The zero-order valence-corrected chi connectivity index (χ0v) is 14.7. The molecule has 7 nitrogen and oxygen atoms in total. The summed E-state index contributed by atoms with van der Waals surface area (Å²) in [5.41, 5.74) is 0.978. The molecule has 25 heavy (non-hydrogen) atoms. The molecule has 7 heteroatoms. The molecule has 2 heterocycles. The highest BCUT2D eigenvalue weighted by atomic mass is 16.5. The van der Waals surface area contributed by atoms with Gasteiger partial charge in [-0.1, -0.05) is 19.1 Å². The van der Waals surface area contributed by atoms with E-state index >= 15 is 0 Å². The summed E-state index contributed by atoms with van der Waals surface area (Å²) in [6.07, 6.45) is 2.56. The first-order valence-corrected chi connectivity index (χ1v) is 8.60. The Balaban J connectivity index is 1.45. The lowest BCUT2D eigenvalue weighted by Gasteiger charge is -2.25. The van der Waals surface area contributed by atoms with Gasteiger partial charge >= 0.3 is 0 Å². The van der Waals surface area contributed by atoms with E-state index in [1.165, 1.54) is 0 Å². The van der Waals surface area contributed by atoms with E-state index in [1.807, 2.05) is 24.3 Å². The molecule has 1 aliphatic heterocycles. The van der Waals surface area contributed by atoms with Crippen LogP contribution in [0.3, 0.4) is 0 Å². The minimum Gasteiger partial charge on any atom is -0.497 e. The summed E-state index contributed by atoms with van der Waals surface area (Å²) in [7, 11) is 1.63. The van der Waals surface area contributed by atoms with Gasteiger partial charge in [-0.25, -0.2) is 0 Å². The second kappa shape index (κ2) is 8.11. The zero-order chi connectivity index (χ0) is 17.6. The number of aromatic nitrogens is 3. The number of carbonyl (C=O) groups excluding carboxylic acids is 1. The van der Waals surface area contributed by atoms with Crippen LogP contribution in [0.1, 0.15) is 30.6 Å². The Kier molecular flexibility index (Phi) is 5.65. The smallest absolute Gasteiger partial charge is 0.246 e. The number of ether oxygens (including phenoxy) is 2. The SMILES string of the molecule is CCc1nnc2n1C[C@@H](NC(=O)COCc1cccc(OC)c1)CC2. The minimum atomic E-state index is -0.0949. The van der Waals surface area contributed by atoms with Gasteiger partial charge in [0.05, 0.1) is 13.7 Å². The fraction of sp³-hybridized carbons (Fsp3) is 0.500. The molecule has 0 bridgehead atoms. The number of hydrogen-bond acceptors (Lipinski definition) is 5. The van der Waals surface area contributed by atoms with Crippen molar-refractivity contribution >= 4 is 5.91 Å². The third-order valence-corrected chi connectivity index (χ3v) is 4.34. The van der Waals surface area contributed by atoms with Crippen LogP contribution in [0.15, 0.2) is 24.3 Å². The molecule has 1 N–H and O–H groups in total. The van der Waals surface area contributed by atoms with Crippen molar-refractivity contribution in [2.45, 2.75) is 45.4 Å². The van der Waals surface area contributed by atoms with Gasteiger partial charge in [-0.15, -0.1) is 10.2 Å². The first kappa shape index (κ1) is 17.4. The molecule has 0 saturated carbocycles. The second-order valence-corrected chi connectivity index (χ2v) is 6.14. The van der Waals surface area contributed by atoms with E-state index in [0.29, 0.717) is 6.61 Å². The van der Waals surface area contributed by atoms with Crippen molar-refractivity contribution in [1.29, 1.82) is 0 Å². The van der Waals surface area contributed by atoms with E-state index in [0.717, 1.165) is 48.8 Å². The van der Waals surface area contributed by atoms with Gasteiger partial charge in [-0.05, 0) is 24.1 Å². The Labute approximate surface area is 147 Å². The normalized spacial score (nSPS) is 16.3. The molecule has 3 rings (SSSR count). The lowest BCUT2D eigenvalue weighted by atomic mass is 10.1. The quantitative estimate of drug-likeness (QED) is 0.823. The summed E-state index contributed by atoms with van der Waals surface area (Å²) in [6.45, 7) is 3.22. The van der Waals surface area contributed by atoms with Gasteiger partial charge in [0.15, 0.2) is 0 Å². The van der Waals surface area contributed by atoms with Gasteiger partial charge in [-0.3, -0.25) is 4.79 Å². The van der Waals surface area contributed by atoms with Crippen LogP contribution in [0.5, 0.6) is 5.75 Å². The fourth-order valence-corrected chi connectivity index (χ4v) is 3.06. The molecule has 1 aromatic carbocycles. The average Bonchev–Trinajstić information content (AvgIpc) is 3.04. The highest BCUT2D eigenvalue weighted by Crippen LogP contribution is 2.16. The largest absolute Gasteiger partial charge is 0.497 e. The number of amides is 1. The number of hydrogen-bond donors (Lipinski definition) is 1. The molecule has 0 aliphatic carbocycles. The van der Waals surface area contributed by atoms with Crippen LogP contribution < -0.4 is 10.1 Å². The number of methoxy groups -OCH3 is 1. The van der Waals surface area contributed by atoms with Crippen LogP contribution >= 0.6 is 0 Å². The number of nitrogens with zero attached hydrogens (tertiary/aromatic N) is 3. The molecule has 2 aromatic rings. The predicted molar refractivity (Wildman–Crippen MR) is 92.3 cm³/mol. The van der Waals surface area contributed by atoms with E-state index in [1.54, 1.807) is 7.11 Å². The van der Waals surface area contributed by atoms with Crippen molar-refractivity contribution in [3.8, 4) is 5.75 Å². The number of nitrogens with one attached hydrogen (secondary N) is 1. The summed E-state index contributed by atoms with van der Waals surface area (Å²) >= 11 is 0. The Hall–Kier alpha value is -2.41. The van der Waals surface area contributed by atoms with Crippen LogP contribution in [0, 0.1) is 0 Å². The number of carbonyl (C=O) groups is 1. The van der Waals surface area contributed by atoms with E-state index < -0.39 is 0 Å². The maximum Gasteiger partial charge on any atom is 0.246 e. The van der Waals surface area contributed by atoms with Gasteiger partial charge < -0.3 is 19.4 Å². The monoisotopic (exact) mass is 344 g/mol. The fourth-order valence-electron chi connectivity index (χ4n) is 3.06. The summed E-state index contributed by atoms with van der Waals surface area (Å²) in [5.74, 6) is 2.67. The van der Waals surface area contributed by atoms with Crippen LogP contribution in [-0.4, -0.2) is 40.4 Å². The summed E-state index contributed by atoms with van der Waals surface area (Å²) in [6, 6.07) is 7.73. The van der Waals surface area contributed by atoms with E-state index in [9.17, 15) is 4.79 Å². The lowest BCUT2D eigenvalue weighted by Crippen LogP contribution is -2.42. The molecule has 1 amide bonds. The maximum atomic E-state index is 12.1. The molecule has 0 fully saturated rings. The van der Waals surface area contributed by atoms with E-state index in [-0.39, 0.29) is 18.6 Å². The van der Waals surface area contributed by atoms with Crippen molar-refractivity contribution in [1.82, 2.24) is 20.1 Å². The third kappa shape index (κ3) is 4.36. The number of aryl methyl sites for hydroxylation is 2. The van der Waals surface area contributed by atoms with Crippen LogP contribution in [0.4, 0.5) is 0 Å². The van der Waals surface area contributed by atoms with Crippen LogP contribution in [0.2, 0.25) is 0 Å². The highest BCUT2D eigenvalue weighted by molar-refractivity contribution is 5.77. The Morgan fingerprint density at radius 3 is 3.08 bits per heavy atom. The van der Waals surface area contributed by atoms with E-state index in [4.69, 9.17) is 9.47 Å². The standard InChI is InChI=1S/C18H24N4O3/c1-3-16-20-21-17-8-7-14(10-22(16)17)19-18(23)12-25-11-13-5-4-6-15(9-13)24-2/h4-6,9,14H,3,7-8,10-12H2,1-2H3,(H,19,23)/t14-/m0/s1. The zero-order valence-electron chi connectivity index (χ0n) is 14.7. The van der Waals surface area contributed by atoms with Gasteiger partial charge in [0.25, 0.3) is 0 Å². The molecular formula is C18H24N4O3. The average molecular weight is 344 g/mol. The van der Waals surface area contributed by atoms with Crippen LogP contribution in [-0.2, 0) is 35.5 Å². The Morgan fingerprint density at radius 1 is 1.40 bits per heavy atom. The van der Waals surface area contributed by atoms with Crippen molar-refractivity contribution in [3.05, 3.63) is 41.5 Å². The molecule has 1 aromatic heterocycles. The number of fused-ring (bicyclic) bond motifs is 1. The first-order chi connectivity index (χ1) is 12.2. The van der Waals surface area contributed by atoms with Crippen molar-refractivity contribution in [2.75, 3.05) is 13.7 Å². The molecule has 0 saturated heterocycles. The first-order valence-electron chi connectivity index (χ1n) is 8.60. The third-order valence-electron chi connectivity index (χ3n) is 4.34. The summed E-state index contributed by atoms with van der Waals surface area (Å²) in [4.78, 5) is 12.1. The number of benzene rings is 1. The van der Waals surface area contributed by atoms with Gasteiger partial charge in [0.1, 0.15) is 24.0 Å². The highest BCUT2D eigenvalue weighted by Gasteiger charge is 2.23. The summed E-state index contributed by atoms with van der Waals surface area (Å²) < 4.78 is 12.8. The summed E-state index contributed by atoms with van der Waals surface area (Å²) in [5, 5.41) is 11.4. The maximum absolute atomic E-state index is 12.1. The Morgan fingerprint density at radius 2 is 2.28 bits per heavy atom. The minimum absolute atomic E-state index is 0.0450. The lowest BCUT2D eigenvalue weighted by molar-refractivity contribution is -0.127. The molecular weight excluding hydrogens is 320 g/mol. The van der Waals surface area contributed by atoms with Gasteiger partial charge in [0.2, 0.25) is 5.91 Å². The topological polar surface area (TPSA) is 78.3 Å². The van der Waals surface area contributed by atoms with Crippen molar-refractivity contribution < 1.29 is 14.3 Å². The van der Waals surface area contributed by atoms with Crippen molar-refractivity contribution in [2.24, 2.45) is 0 Å². The molecule has 0 spiro atoms. The van der Waals surface area contributed by atoms with Crippen molar-refractivity contribution in [3.63, 3.8) is 0 Å². The van der Waals surface area contributed by atoms with Gasteiger partial charge in [0, 0.05) is 25.4 Å². The van der Waals surface area contributed by atoms with Crippen LogP contribution in [0.25, 0.3) is 0 Å². The molecule has 1 atom stereocenters. The molecule has 1 aliphatic rings. The van der Waals surface area contributed by atoms with Gasteiger partial charge in [-0.2, -0.15) is 0 Å². The Bertz CT molecular complexity index is 715. The molecule has 0 radical (unpaired) electrons. The predicted octanol–water partition coefficient (Wildman–Crippen LogP) is 1.50. The number of rotatable bonds is 7. The second-order valence-electron chi connectivity index (χ2n) is 6.14. The molecule has 134 valence electrons. The van der Waals surface area contributed by atoms with E-state index in [2.05, 4.69) is 27.0 Å². The molecule has 0 unspecified atom stereocenters.